The Bertz CT molecular complexity index is 550. The molecule has 0 unspecified atom stereocenters. The fourth-order valence-corrected chi connectivity index (χ4v) is 4.84. The van der Waals surface area contributed by atoms with Gasteiger partial charge in [0.2, 0.25) is 0 Å². The Kier molecular flexibility index (Phi) is 19.1. The number of unbranched alkanes of at least 4 members (excludes halogenated alkanes) is 2. The predicted octanol–water partition coefficient (Wildman–Crippen LogP) is -0.210. The van der Waals surface area contributed by atoms with Gasteiger partial charge in [-0.05, 0) is 37.1 Å². The molecule has 5 N–H and O–H groups in total. The van der Waals surface area contributed by atoms with Crippen LogP contribution in [0.4, 0.5) is 0 Å². The molecule has 0 bridgehead atoms. The maximum atomic E-state index is 11.1. The number of aromatic nitrogens is 1. The summed E-state index contributed by atoms with van der Waals surface area (Å²) in [5, 5.41) is 7.23. The summed E-state index contributed by atoms with van der Waals surface area (Å²) in [4.78, 5) is 40.0. The van der Waals surface area contributed by atoms with Crippen LogP contribution in [-0.4, -0.2) is 129 Å². The van der Waals surface area contributed by atoms with Crippen molar-refractivity contribution in [1.82, 2.24) is 4.98 Å². The molecule has 1 aromatic heterocycles. The van der Waals surface area contributed by atoms with Crippen LogP contribution in [-0.2, 0) is 9.13 Å². The Balaban J connectivity index is -0.00000161. The number of nitrogens with zero attached hydrogens (tertiary/aromatic N) is 1. The minimum absolute atomic E-state index is 0. The summed E-state index contributed by atoms with van der Waals surface area (Å²) < 4.78 is 22.3. The van der Waals surface area contributed by atoms with Crippen molar-refractivity contribution in [2.24, 2.45) is 0 Å². The standard InChI is InChI=1S/C11H19NO7P2S.3Na.3H/c13-11(20(14,15)16,21(17,18)19)7-3-1-5-9-22-10-6-2-4-8-12-10;;;;;;/h2,4,6,8,13H,1,3,5,7,9H2,(H2,14,15,16)(H2,17,18,19);;;;;;. The number of rotatable bonds is 9. The molecule has 0 saturated heterocycles. The fraction of sp³-hybridized carbons (Fsp3) is 0.545. The molecule has 0 aliphatic heterocycles. The number of pyridine rings is 1. The third kappa shape index (κ3) is 10.9. The summed E-state index contributed by atoms with van der Waals surface area (Å²) in [5.41, 5.74) is 0. The first-order chi connectivity index (χ1) is 10.1. The Labute approximate surface area is 217 Å². The quantitative estimate of drug-likeness (QED) is 0.151. The van der Waals surface area contributed by atoms with E-state index in [1.807, 2.05) is 12.1 Å². The zero-order valence-electron chi connectivity index (χ0n) is 11.6. The molecule has 0 radical (unpaired) electrons. The second kappa shape index (κ2) is 14.7. The van der Waals surface area contributed by atoms with Gasteiger partial charge in [0.15, 0.2) is 0 Å². The molecular formula is C11H22NNa3O7P2S. The molecule has 0 spiro atoms. The SMILES string of the molecule is O=P(O)(O)C(O)(CCCCCSc1ccccn1)P(=O)(O)O.[NaH].[NaH].[NaH]. The third-order valence-electron chi connectivity index (χ3n) is 2.98. The molecule has 0 fully saturated rings. The Morgan fingerprint density at radius 3 is 1.96 bits per heavy atom. The van der Waals surface area contributed by atoms with Gasteiger partial charge in [0, 0.05) is 6.20 Å². The normalized spacial score (nSPS) is 11.7. The van der Waals surface area contributed by atoms with Gasteiger partial charge < -0.3 is 24.7 Å². The average Bonchev–Trinajstić information content (AvgIpc) is 2.41. The molecule has 8 nitrogen and oxygen atoms in total. The minimum atomic E-state index is -5.34. The summed E-state index contributed by atoms with van der Waals surface area (Å²) in [6.07, 6.45) is 2.25. The van der Waals surface area contributed by atoms with E-state index >= 15 is 0 Å². The van der Waals surface area contributed by atoms with E-state index < -0.39 is 26.7 Å². The molecule has 25 heavy (non-hydrogen) atoms. The Hall–Kier alpha value is 2.76. The number of aliphatic hydroxyl groups is 1. The van der Waals surface area contributed by atoms with Crippen LogP contribution in [0, 0.1) is 0 Å². The Morgan fingerprint density at radius 1 is 0.960 bits per heavy atom. The van der Waals surface area contributed by atoms with E-state index in [-0.39, 0.29) is 95.1 Å². The first-order valence-electron chi connectivity index (χ1n) is 6.45. The second-order valence-corrected chi connectivity index (χ2v) is 9.81. The summed E-state index contributed by atoms with van der Waals surface area (Å²) in [6.45, 7) is 0. The van der Waals surface area contributed by atoms with Crippen LogP contribution in [0.15, 0.2) is 29.4 Å². The van der Waals surface area contributed by atoms with Crippen LogP contribution in [0.2, 0.25) is 0 Å². The van der Waals surface area contributed by atoms with E-state index in [2.05, 4.69) is 4.98 Å². The van der Waals surface area contributed by atoms with E-state index in [4.69, 9.17) is 19.6 Å². The van der Waals surface area contributed by atoms with Gasteiger partial charge in [-0.25, -0.2) is 4.98 Å². The fourth-order valence-electron chi connectivity index (χ4n) is 1.71. The van der Waals surface area contributed by atoms with Gasteiger partial charge in [0.05, 0.1) is 5.03 Å². The molecule has 0 saturated carbocycles. The van der Waals surface area contributed by atoms with E-state index in [1.54, 1.807) is 12.3 Å². The van der Waals surface area contributed by atoms with Gasteiger partial charge in [-0.1, -0.05) is 12.5 Å². The molecule has 1 heterocycles. The van der Waals surface area contributed by atoms with Gasteiger partial charge in [-0.3, -0.25) is 9.13 Å². The molecule has 1 aromatic rings. The summed E-state index contributed by atoms with van der Waals surface area (Å²) in [5.74, 6) is 0.710. The summed E-state index contributed by atoms with van der Waals surface area (Å²) in [7, 11) is -10.7. The zero-order valence-corrected chi connectivity index (χ0v) is 14.3. The van der Waals surface area contributed by atoms with Crippen molar-refractivity contribution in [2.75, 3.05) is 5.75 Å². The van der Waals surface area contributed by atoms with Gasteiger partial charge >= 0.3 is 104 Å². The van der Waals surface area contributed by atoms with Crippen molar-refractivity contribution in [1.29, 1.82) is 0 Å². The van der Waals surface area contributed by atoms with Crippen LogP contribution >= 0.6 is 27.0 Å². The van der Waals surface area contributed by atoms with Crippen molar-refractivity contribution in [3.63, 3.8) is 0 Å². The van der Waals surface area contributed by atoms with Crippen molar-refractivity contribution in [3.05, 3.63) is 24.4 Å². The summed E-state index contributed by atoms with van der Waals surface area (Å²) in [6, 6.07) is 5.51. The van der Waals surface area contributed by atoms with Crippen LogP contribution in [0.1, 0.15) is 25.7 Å². The first kappa shape index (κ1) is 32.4. The first-order valence-corrected chi connectivity index (χ1v) is 10.7. The van der Waals surface area contributed by atoms with Crippen molar-refractivity contribution in [3.8, 4) is 0 Å². The van der Waals surface area contributed by atoms with Crippen LogP contribution in [0.3, 0.4) is 0 Å². The number of hydrogen-bond donors (Lipinski definition) is 5. The monoisotopic (exact) mass is 443 g/mol. The van der Waals surface area contributed by atoms with Crippen LogP contribution < -0.4 is 0 Å². The van der Waals surface area contributed by atoms with Gasteiger partial charge in [0.25, 0.3) is 5.08 Å². The van der Waals surface area contributed by atoms with E-state index in [0.717, 1.165) is 5.03 Å². The van der Waals surface area contributed by atoms with Crippen LogP contribution in [0.25, 0.3) is 0 Å². The van der Waals surface area contributed by atoms with Gasteiger partial charge in [0.1, 0.15) is 0 Å². The molecule has 132 valence electrons. The molecule has 0 atom stereocenters. The van der Waals surface area contributed by atoms with Crippen molar-refractivity contribution >= 4 is 116 Å². The number of thioether (sulfide) groups is 1. The maximum absolute atomic E-state index is 11.1. The van der Waals surface area contributed by atoms with Gasteiger partial charge in [-0.2, -0.15) is 0 Å². The Morgan fingerprint density at radius 2 is 1.52 bits per heavy atom. The van der Waals surface area contributed by atoms with E-state index in [0.29, 0.717) is 18.6 Å². The molecular weight excluding hydrogens is 421 g/mol. The molecule has 0 aliphatic rings. The molecule has 0 amide bonds. The predicted molar refractivity (Wildman–Crippen MR) is 104 cm³/mol. The zero-order chi connectivity index (χ0) is 16.9. The van der Waals surface area contributed by atoms with E-state index in [1.165, 1.54) is 11.8 Å². The topological polar surface area (TPSA) is 148 Å². The van der Waals surface area contributed by atoms with Crippen molar-refractivity contribution in [2.45, 2.75) is 35.8 Å². The van der Waals surface area contributed by atoms with Gasteiger partial charge in [-0.15, -0.1) is 11.8 Å². The molecule has 0 aromatic carbocycles. The molecule has 14 heteroatoms. The number of hydrogen-bond acceptors (Lipinski definition) is 5. The summed E-state index contributed by atoms with van der Waals surface area (Å²) >= 11 is 1.51. The van der Waals surface area contributed by atoms with Crippen LogP contribution in [0.5, 0.6) is 0 Å². The average molecular weight is 443 g/mol. The molecule has 0 aliphatic carbocycles. The van der Waals surface area contributed by atoms with E-state index in [9.17, 15) is 14.2 Å². The van der Waals surface area contributed by atoms with Crippen molar-refractivity contribution < 1.29 is 33.8 Å². The second-order valence-electron chi connectivity index (χ2n) is 4.69. The molecule has 1 rings (SSSR count). The third-order valence-corrected chi connectivity index (χ3v) is 7.88.